The van der Waals surface area contributed by atoms with Crippen molar-refractivity contribution in [2.24, 2.45) is 11.8 Å². The maximum Gasteiger partial charge on any atom is 0.122 e. The number of benzene rings is 1. The fourth-order valence-electron chi connectivity index (χ4n) is 3.55. The van der Waals surface area contributed by atoms with E-state index in [4.69, 9.17) is 4.74 Å². The zero-order valence-electron chi connectivity index (χ0n) is 12.8. The molecule has 2 rings (SSSR count). The van der Waals surface area contributed by atoms with Crippen molar-refractivity contribution in [3.63, 3.8) is 0 Å². The van der Waals surface area contributed by atoms with Gasteiger partial charge in [0.1, 0.15) is 5.75 Å². The van der Waals surface area contributed by atoms with E-state index in [0.29, 0.717) is 6.04 Å². The Kier molecular flexibility index (Phi) is 5.91. The molecule has 0 spiro atoms. The van der Waals surface area contributed by atoms with Gasteiger partial charge in [-0.05, 0) is 55.0 Å². The van der Waals surface area contributed by atoms with Gasteiger partial charge in [0.05, 0.1) is 7.11 Å². The van der Waals surface area contributed by atoms with Crippen LogP contribution in [-0.4, -0.2) is 19.7 Å². The minimum atomic E-state index is 0.556. The number of methoxy groups -OCH3 is 1. The van der Waals surface area contributed by atoms with Crippen LogP contribution in [0.5, 0.6) is 5.75 Å². The first kappa shape index (κ1) is 15.8. The van der Waals surface area contributed by atoms with Gasteiger partial charge in [-0.25, -0.2) is 0 Å². The molecule has 3 unspecified atom stereocenters. The van der Waals surface area contributed by atoms with E-state index in [-0.39, 0.29) is 0 Å². The van der Waals surface area contributed by atoms with E-state index in [2.05, 4.69) is 47.2 Å². The highest BCUT2D eigenvalue weighted by Crippen LogP contribution is 2.36. The first-order valence-corrected chi connectivity index (χ1v) is 8.50. The first-order valence-electron chi connectivity index (χ1n) is 7.71. The molecule has 3 heteroatoms. The molecule has 1 N–H and O–H groups in total. The normalized spacial score (nSPS) is 23.8. The van der Waals surface area contributed by atoms with Gasteiger partial charge in [-0.1, -0.05) is 42.6 Å². The molecule has 20 heavy (non-hydrogen) atoms. The van der Waals surface area contributed by atoms with Crippen molar-refractivity contribution in [3.05, 3.63) is 28.2 Å². The molecule has 1 aliphatic rings. The third-order valence-electron chi connectivity index (χ3n) is 4.59. The minimum absolute atomic E-state index is 0.556. The van der Waals surface area contributed by atoms with E-state index < -0.39 is 0 Å². The fraction of sp³-hybridized carbons (Fsp3) is 0.647. The van der Waals surface area contributed by atoms with Gasteiger partial charge < -0.3 is 10.1 Å². The van der Waals surface area contributed by atoms with Crippen molar-refractivity contribution < 1.29 is 4.74 Å². The Morgan fingerprint density at radius 1 is 1.40 bits per heavy atom. The zero-order valence-corrected chi connectivity index (χ0v) is 14.4. The maximum absolute atomic E-state index is 5.52. The lowest BCUT2D eigenvalue weighted by Gasteiger charge is -2.28. The highest BCUT2D eigenvalue weighted by molar-refractivity contribution is 9.10. The smallest absolute Gasteiger partial charge is 0.122 e. The number of rotatable bonds is 6. The van der Waals surface area contributed by atoms with Crippen molar-refractivity contribution in [3.8, 4) is 5.75 Å². The summed E-state index contributed by atoms with van der Waals surface area (Å²) in [5.74, 6) is 2.62. The van der Waals surface area contributed by atoms with Crippen molar-refractivity contribution in [1.29, 1.82) is 0 Å². The monoisotopic (exact) mass is 339 g/mol. The molecule has 0 heterocycles. The van der Waals surface area contributed by atoms with Crippen LogP contribution in [0.1, 0.15) is 38.7 Å². The average molecular weight is 340 g/mol. The molecule has 0 amide bonds. The van der Waals surface area contributed by atoms with E-state index in [1.165, 1.54) is 24.8 Å². The molecule has 3 atom stereocenters. The molecule has 1 fully saturated rings. The summed E-state index contributed by atoms with van der Waals surface area (Å²) in [5, 5.41) is 3.70. The summed E-state index contributed by atoms with van der Waals surface area (Å²) in [6.07, 6.45) is 5.16. The van der Waals surface area contributed by atoms with E-state index in [1.54, 1.807) is 7.11 Å². The van der Waals surface area contributed by atoms with Crippen LogP contribution in [0.25, 0.3) is 0 Å². The number of ether oxygens (including phenoxy) is 1. The molecule has 1 saturated carbocycles. The molecule has 1 aromatic rings. The highest BCUT2D eigenvalue weighted by Gasteiger charge is 2.30. The van der Waals surface area contributed by atoms with Crippen LogP contribution in [0.15, 0.2) is 22.7 Å². The predicted molar refractivity (Wildman–Crippen MR) is 88.4 cm³/mol. The summed E-state index contributed by atoms with van der Waals surface area (Å²) < 4.78 is 6.65. The standard InChI is InChI=1S/C17H26BrNO/c1-4-19-16(15-7-5-6-12(15)2)11-13-10-14(18)8-9-17(13)20-3/h8-10,12,15-16,19H,4-7,11H2,1-3H3. The van der Waals surface area contributed by atoms with Crippen LogP contribution < -0.4 is 10.1 Å². The largest absolute Gasteiger partial charge is 0.496 e. The number of likely N-dealkylation sites (N-methyl/N-ethyl adjacent to an activating group) is 1. The van der Waals surface area contributed by atoms with Crippen molar-refractivity contribution in [2.45, 2.75) is 45.6 Å². The fourth-order valence-corrected chi connectivity index (χ4v) is 3.96. The van der Waals surface area contributed by atoms with Gasteiger partial charge in [0.25, 0.3) is 0 Å². The number of hydrogen-bond donors (Lipinski definition) is 1. The summed E-state index contributed by atoms with van der Waals surface area (Å²) in [4.78, 5) is 0. The lowest BCUT2D eigenvalue weighted by molar-refractivity contribution is 0.295. The lowest BCUT2D eigenvalue weighted by Crippen LogP contribution is -2.39. The Morgan fingerprint density at radius 2 is 2.20 bits per heavy atom. The molecule has 1 aliphatic carbocycles. The van der Waals surface area contributed by atoms with Gasteiger partial charge in [0, 0.05) is 10.5 Å². The van der Waals surface area contributed by atoms with Crippen molar-refractivity contribution >= 4 is 15.9 Å². The molecule has 1 aromatic carbocycles. The summed E-state index contributed by atoms with van der Waals surface area (Å²) >= 11 is 3.57. The minimum Gasteiger partial charge on any atom is -0.496 e. The molecule has 2 nitrogen and oxygen atoms in total. The topological polar surface area (TPSA) is 21.3 Å². The van der Waals surface area contributed by atoms with Gasteiger partial charge >= 0.3 is 0 Å². The first-order chi connectivity index (χ1) is 9.65. The summed E-state index contributed by atoms with van der Waals surface area (Å²) in [6.45, 7) is 5.63. The molecule has 112 valence electrons. The van der Waals surface area contributed by atoms with E-state index in [0.717, 1.165) is 35.0 Å². The van der Waals surface area contributed by atoms with E-state index in [1.807, 2.05) is 6.07 Å². The van der Waals surface area contributed by atoms with Gasteiger partial charge in [-0.3, -0.25) is 0 Å². The van der Waals surface area contributed by atoms with Crippen LogP contribution in [0, 0.1) is 11.8 Å². The molecule has 0 aromatic heterocycles. The quantitative estimate of drug-likeness (QED) is 0.828. The number of nitrogens with one attached hydrogen (secondary N) is 1. The van der Waals surface area contributed by atoms with Crippen LogP contribution >= 0.6 is 15.9 Å². The van der Waals surface area contributed by atoms with Crippen LogP contribution in [0.4, 0.5) is 0 Å². The zero-order chi connectivity index (χ0) is 14.5. The second-order valence-electron chi connectivity index (χ2n) is 5.90. The highest BCUT2D eigenvalue weighted by atomic mass is 79.9. The molecule has 0 aliphatic heterocycles. The van der Waals surface area contributed by atoms with Gasteiger partial charge in [0.15, 0.2) is 0 Å². The second-order valence-corrected chi connectivity index (χ2v) is 6.81. The van der Waals surface area contributed by atoms with Gasteiger partial charge in [-0.15, -0.1) is 0 Å². The average Bonchev–Trinajstić information content (AvgIpc) is 2.85. The van der Waals surface area contributed by atoms with Crippen molar-refractivity contribution in [1.82, 2.24) is 5.32 Å². The lowest BCUT2D eigenvalue weighted by atomic mass is 9.86. The Morgan fingerprint density at radius 3 is 2.80 bits per heavy atom. The number of hydrogen-bond acceptors (Lipinski definition) is 2. The van der Waals surface area contributed by atoms with E-state index >= 15 is 0 Å². The van der Waals surface area contributed by atoms with Crippen LogP contribution in [0.2, 0.25) is 0 Å². The van der Waals surface area contributed by atoms with Crippen LogP contribution in [-0.2, 0) is 6.42 Å². The summed E-state index contributed by atoms with van der Waals surface area (Å²) in [6, 6.07) is 6.85. The van der Waals surface area contributed by atoms with E-state index in [9.17, 15) is 0 Å². The second kappa shape index (κ2) is 7.46. The summed E-state index contributed by atoms with van der Waals surface area (Å²) in [7, 11) is 1.76. The molecular weight excluding hydrogens is 314 g/mol. The maximum atomic E-state index is 5.52. The predicted octanol–water partition coefficient (Wildman–Crippen LogP) is 4.41. The van der Waals surface area contributed by atoms with Gasteiger partial charge in [0.2, 0.25) is 0 Å². The SMILES string of the molecule is CCNC(Cc1cc(Br)ccc1OC)C1CCCC1C. The molecular formula is C17H26BrNO. The Labute approximate surface area is 131 Å². The van der Waals surface area contributed by atoms with Crippen LogP contribution in [0.3, 0.4) is 0 Å². The third-order valence-corrected chi connectivity index (χ3v) is 5.09. The summed E-state index contributed by atoms with van der Waals surface area (Å²) in [5.41, 5.74) is 1.30. The Bertz CT molecular complexity index is 435. The van der Waals surface area contributed by atoms with Gasteiger partial charge in [-0.2, -0.15) is 0 Å². The molecule has 0 saturated heterocycles. The third kappa shape index (κ3) is 3.76. The van der Waals surface area contributed by atoms with Crippen molar-refractivity contribution in [2.75, 3.05) is 13.7 Å². The molecule has 0 bridgehead atoms. The Balaban J connectivity index is 2.17. The number of halogens is 1. The molecule has 0 radical (unpaired) electrons. The Hall–Kier alpha value is -0.540.